The average molecular weight is 181 g/mol. The molecule has 0 bridgehead atoms. The van der Waals surface area contributed by atoms with E-state index < -0.39 is 0 Å². The third kappa shape index (κ3) is 4.51. The third-order valence-corrected chi connectivity index (χ3v) is 1.85. The Labute approximate surface area is 80.7 Å². The van der Waals surface area contributed by atoms with Gasteiger partial charge in [-0.05, 0) is 25.8 Å². The summed E-state index contributed by atoms with van der Waals surface area (Å²) in [5, 5.41) is 2.83. The Hall–Kier alpha value is -1.05. The van der Waals surface area contributed by atoms with Crippen LogP contribution in [0, 0.1) is 0 Å². The van der Waals surface area contributed by atoms with Crippen LogP contribution < -0.4 is 5.32 Å². The Balaban J connectivity index is 0.000000671. The molecule has 0 aromatic carbocycles. The first kappa shape index (κ1) is 11.9. The lowest BCUT2D eigenvalue weighted by atomic mass is 10.2. The van der Waals surface area contributed by atoms with Gasteiger partial charge < -0.3 is 5.32 Å². The van der Waals surface area contributed by atoms with Crippen molar-refractivity contribution in [2.75, 3.05) is 0 Å². The predicted octanol–water partition coefficient (Wildman–Crippen LogP) is 2.42. The van der Waals surface area contributed by atoms with Gasteiger partial charge in [0.1, 0.15) is 0 Å². The van der Waals surface area contributed by atoms with Crippen molar-refractivity contribution in [2.45, 2.75) is 39.7 Å². The molecule has 1 amide bonds. The first-order chi connectivity index (χ1) is 6.22. The van der Waals surface area contributed by atoms with Gasteiger partial charge >= 0.3 is 0 Å². The number of hydrogen-bond acceptors (Lipinski definition) is 1. The first-order valence-corrected chi connectivity index (χ1v) is 4.82. The van der Waals surface area contributed by atoms with Crippen molar-refractivity contribution < 1.29 is 4.79 Å². The number of carbonyl (C=O) groups is 1. The molecule has 13 heavy (non-hydrogen) atoms. The smallest absolute Gasteiger partial charge is 0.243 e. The summed E-state index contributed by atoms with van der Waals surface area (Å²) >= 11 is 0. The molecule has 0 fully saturated rings. The zero-order valence-electron chi connectivity index (χ0n) is 8.76. The summed E-state index contributed by atoms with van der Waals surface area (Å²) in [6.45, 7) is 9.47. The summed E-state index contributed by atoms with van der Waals surface area (Å²) in [5.74, 6) is -0.0825. The van der Waals surface area contributed by atoms with Crippen molar-refractivity contribution in [3.8, 4) is 0 Å². The lowest BCUT2D eigenvalue weighted by Gasteiger charge is -2.06. The van der Waals surface area contributed by atoms with E-state index in [2.05, 4.69) is 24.9 Å². The van der Waals surface area contributed by atoms with Crippen LogP contribution in [0.3, 0.4) is 0 Å². The van der Waals surface area contributed by atoms with Gasteiger partial charge in [0.2, 0.25) is 5.91 Å². The van der Waals surface area contributed by atoms with Gasteiger partial charge in [0.25, 0.3) is 0 Å². The molecule has 1 aliphatic rings. The predicted molar refractivity (Wildman–Crippen MR) is 56.5 cm³/mol. The Kier molecular flexibility index (Phi) is 5.94. The molecule has 0 saturated carbocycles. The summed E-state index contributed by atoms with van der Waals surface area (Å²) in [7, 11) is 0. The minimum absolute atomic E-state index is 0.0825. The maximum Gasteiger partial charge on any atom is 0.243 e. The standard InChI is InChI=1S/C9H13NO.C2H6/c1-3-9(11)10-8-5-4-7(2)6-8;1-2/h3,6,8H,1,4-5H2,2H3,(H,10,11);1-2H3. The highest BCUT2D eigenvalue weighted by Crippen LogP contribution is 2.16. The van der Waals surface area contributed by atoms with Crippen LogP contribution in [-0.4, -0.2) is 11.9 Å². The maximum atomic E-state index is 10.8. The van der Waals surface area contributed by atoms with Gasteiger partial charge in [-0.3, -0.25) is 4.79 Å². The van der Waals surface area contributed by atoms with Crippen molar-refractivity contribution in [3.05, 3.63) is 24.3 Å². The lowest BCUT2D eigenvalue weighted by Crippen LogP contribution is -2.30. The molecule has 0 aromatic heterocycles. The monoisotopic (exact) mass is 181 g/mol. The molecule has 0 radical (unpaired) electrons. The Morgan fingerprint density at radius 1 is 1.69 bits per heavy atom. The fourth-order valence-corrected chi connectivity index (χ4v) is 1.25. The van der Waals surface area contributed by atoms with Gasteiger partial charge in [-0.2, -0.15) is 0 Å². The van der Waals surface area contributed by atoms with Crippen molar-refractivity contribution >= 4 is 5.91 Å². The number of hydrogen-bond donors (Lipinski definition) is 1. The minimum Gasteiger partial charge on any atom is -0.346 e. The molecule has 1 aliphatic carbocycles. The molecule has 0 saturated heterocycles. The van der Waals surface area contributed by atoms with E-state index in [1.54, 1.807) is 0 Å². The molecular weight excluding hydrogens is 162 g/mol. The van der Waals surface area contributed by atoms with E-state index in [0.717, 1.165) is 12.8 Å². The van der Waals surface area contributed by atoms with E-state index in [9.17, 15) is 4.79 Å². The Bertz CT molecular complexity index is 206. The van der Waals surface area contributed by atoms with Crippen molar-refractivity contribution in [1.29, 1.82) is 0 Å². The molecule has 1 unspecified atom stereocenters. The van der Waals surface area contributed by atoms with Gasteiger partial charge in [-0.25, -0.2) is 0 Å². The largest absolute Gasteiger partial charge is 0.346 e. The molecular formula is C11H19NO. The zero-order valence-corrected chi connectivity index (χ0v) is 8.76. The SMILES string of the molecule is C=CC(=O)NC1C=C(C)CC1.CC. The molecule has 0 spiro atoms. The second-order valence-corrected chi connectivity index (χ2v) is 2.87. The van der Waals surface area contributed by atoms with E-state index in [-0.39, 0.29) is 11.9 Å². The first-order valence-electron chi connectivity index (χ1n) is 4.82. The third-order valence-electron chi connectivity index (χ3n) is 1.85. The molecule has 0 heterocycles. The molecule has 2 nitrogen and oxygen atoms in total. The van der Waals surface area contributed by atoms with Gasteiger partial charge in [0.15, 0.2) is 0 Å². The summed E-state index contributed by atoms with van der Waals surface area (Å²) in [5.41, 5.74) is 1.36. The summed E-state index contributed by atoms with van der Waals surface area (Å²) in [4.78, 5) is 10.8. The van der Waals surface area contributed by atoms with Crippen LogP contribution in [-0.2, 0) is 4.79 Å². The van der Waals surface area contributed by atoms with E-state index >= 15 is 0 Å². The maximum absolute atomic E-state index is 10.8. The number of amides is 1. The highest BCUT2D eigenvalue weighted by atomic mass is 16.1. The molecule has 74 valence electrons. The average Bonchev–Trinajstić information content (AvgIpc) is 2.54. The van der Waals surface area contributed by atoms with Crippen LogP contribution in [0.5, 0.6) is 0 Å². The fraction of sp³-hybridized carbons (Fsp3) is 0.545. The van der Waals surface area contributed by atoms with Gasteiger partial charge in [0, 0.05) is 6.04 Å². The summed E-state index contributed by atoms with van der Waals surface area (Å²) in [6, 6.07) is 0.237. The van der Waals surface area contributed by atoms with Crippen LogP contribution in [0.4, 0.5) is 0 Å². The molecule has 0 aliphatic heterocycles. The Morgan fingerprint density at radius 2 is 2.31 bits per heavy atom. The lowest BCUT2D eigenvalue weighted by molar-refractivity contribution is -0.116. The van der Waals surface area contributed by atoms with E-state index in [1.165, 1.54) is 11.6 Å². The highest BCUT2D eigenvalue weighted by molar-refractivity contribution is 5.87. The molecule has 2 heteroatoms. The van der Waals surface area contributed by atoms with Crippen molar-refractivity contribution in [3.63, 3.8) is 0 Å². The topological polar surface area (TPSA) is 29.1 Å². The summed E-state index contributed by atoms with van der Waals surface area (Å²) < 4.78 is 0. The van der Waals surface area contributed by atoms with Gasteiger partial charge in [0.05, 0.1) is 0 Å². The van der Waals surface area contributed by atoms with Crippen LogP contribution in [0.2, 0.25) is 0 Å². The number of allylic oxidation sites excluding steroid dienone is 1. The van der Waals surface area contributed by atoms with Gasteiger partial charge in [-0.1, -0.05) is 32.1 Å². The normalized spacial score (nSPS) is 19.6. The second kappa shape index (κ2) is 6.46. The highest BCUT2D eigenvalue weighted by Gasteiger charge is 2.13. The van der Waals surface area contributed by atoms with Gasteiger partial charge in [-0.15, -0.1) is 0 Å². The van der Waals surface area contributed by atoms with E-state index in [0.29, 0.717) is 0 Å². The van der Waals surface area contributed by atoms with Crippen molar-refractivity contribution in [1.82, 2.24) is 5.32 Å². The number of rotatable bonds is 2. The fourth-order valence-electron chi connectivity index (χ4n) is 1.25. The van der Waals surface area contributed by atoms with Crippen LogP contribution in [0.1, 0.15) is 33.6 Å². The molecule has 1 rings (SSSR count). The Morgan fingerprint density at radius 3 is 2.69 bits per heavy atom. The zero-order chi connectivity index (χ0) is 10.3. The number of carbonyl (C=O) groups excluding carboxylic acids is 1. The molecule has 0 aromatic rings. The van der Waals surface area contributed by atoms with E-state index in [1.807, 2.05) is 13.8 Å². The van der Waals surface area contributed by atoms with Crippen LogP contribution >= 0.6 is 0 Å². The van der Waals surface area contributed by atoms with Crippen molar-refractivity contribution in [2.24, 2.45) is 0 Å². The van der Waals surface area contributed by atoms with Crippen LogP contribution in [0.25, 0.3) is 0 Å². The molecule has 1 atom stereocenters. The summed E-state index contributed by atoms with van der Waals surface area (Å²) in [6.07, 6.45) is 5.54. The second-order valence-electron chi connectivity index (χ2n) is 2.87. The molecule has 1 N–H and O–H groups in total. The van der Waals surface area contributed by atoms with Crippen LogP contribution in [0.15, 0.2) is 24.3 Å². The van der Waals surface area contributed by atoms with E-state index in [4.69, 9.17) is 0 Å². The number of nitrogens with one attached hydrogen (secondary N) is 1. The minimum atomic E-state index is -0.0825. The quantitative estimate of drug-likeness (QED) is 0.514.